The van der Waals surface area contributed by atoms with Gasteiger partial charge in [-0.25, -0.2) is 0 Å². The number of aryl methyl sites for hydroxylation is 2. The number of rotatable bonds is 6. The monoisotopic (exact) mass is 233 g/mol. The van der Waals surface area contributed by atoms with Gasteiger partial charge in [-0.3, -0.25) is 0 Å². The molecule has 5 heteroatoms. The van der Waals surface area contributed by atoms with Gasteiger partial charge < -0.3 is 14.5 Å². The van der Waals surface area contributed by atoms with Crippen LogP contribution in [0.15, 0.2) is 24.8 Å². The van der Waals surface area contributed by atoms with Gasteiger partial charge in [0.1, 0.15) is 12.2 Å². The van der Waals surface area contributed by atoms with Crippen molar-refractivity contribution in [2.75, 3.05) is 0 Å². The Morgan fingerprint density at radius 3 is 2.94 bits per heavy atom. The minimum absolute atomic E-state index is 0.745. The highest BCUT2D eigenvalue weighted by molar-refractivity contribution is 5.09. The molecule has 0 aliphatic rings. The first-order valence-electron chi connectivity index (χ1n) is 5.98. The molecule has 0 saturated heterocycles. The first kappa shape index (κ1) is 11.9. The number of hydrogen-bond donors (Lipinski definition) is 1. The minimum atomic E-state index is 0.745. The predicted molar refractivity (Wildman–Crippen MR) is 66.3 cm³/mol. The Kier molecular flexibility index (Phi) is 3.93. The van der Waals surface area contributed by atoms with Crippen molar-refractivity contribution in [3.63, 3.8) is 0 Å². The molecule has 2 aromatic heterocycles. The van der Waals surface area contributed by atoms with E-state index in [0.717, 1.165) is 25.5 Å². The summed E-state index contributed by atoms with van der Waals surface area (Å²) in [6, 6.07) is 2.15. The van der Waals surface area contributed by atoms with E-state index in [0.29, 0.717) is 0 Å². The second-order valence-electron chi connectivity index (χ2n) is 4.22. The van der Waals surface area contributed by atoms with E-state index in [-0.39, 0.29) is 0 Å². The lowest BCUT2D eigenvalue weighted by atomic mass is 10.3. The number of nitrogens with zero attached hydrogens (tertiary/aromatic N) is 4. The molecule has 2 aromatic rings. The van der Waals surface area contributed by atoms with Crippen molar-refractivity contribution < 1.29 is 0 Å². The van der Waals surface area contributed by atoms with Gasteiger partial charge in [0.25, 0.3) is 0 Å². The van der Waals surface area contributed by atoms with E-state index in [1.54, 1.807) is 6.33 Å². The SMILES string of the molecule is CCCn1ccc(CNCc2nncn2C)c1. The summed E-state index contributed by atoms with van der Waals surface area (Å²) in [7, 11) is 1.95. The Balaban J connectivity index is 1.80. The van der Waals surface area contributed by atoms with E-state index >= 15 is 0 Å². The second kappa shape index (κ2) is 5.63. The van der Waals surface area contributed by atoms with Crippen LogP contribution in [0.5, 0.6) is 0 Å². The van der Waals surface area contributed by atoms with Crippen molar-refractivity contribution in [2.24, 2.45) is 7.05 Å². The van der Waals surface area contributed by atoms with Crippen molar-refractivity contribution in [3.05, 3.63) is 36.2 Å². The lowest BCUT2D eigenvalue weighted by Gasteiger charge is -2.02. The maximum absolute atomic E-state index is 4.03. The summed E-state index contributed by atoms with van der Waals surface area (Å²) in [6.45, 7) is 4.88. The molecule has 5 nitrogen and oxygen atoms in total. The fourth-order valence-corrected chi connectivity index (χ4v) is 1.78. The summed E-state index contributed by atoms with van der Waals surface area (Å²) < 4.78 is 4.15. The molecule has 0 aromatic carbocycles. The lowest BCUT2D eigenvalue weighted by Crippen LogP contribution is -2.15. The number of aromatic nitrogens is 4. The highest BCUT2D eigenvalue weighted by atomic mass is 15.3. The fourth-order valence-electron chi connectivity index (χ4n) is 1.78. The van der Waals surface area contributed by atoms with Crippen molar-refractivity contribution in [1.29, 1.82) is 0 Å². The molecule has 0 aliphatic heterocycles. The Morgan fingerprint density at radius 2 is 2.24 bits per heavy atom. The van der Waals surface area contributed by atoms with Crippen LogP contribution in [-0.4, -0.2) is 19.3 Å². The normalized spacial score (nSPS) is 10.9. The average Bonchev–Trinajstić information content (AvgIpc) is 2.90. The second-order valence-corrected chi connectivity index (χ2v) is 4.22. The molecule has 1 N–H and O–H groups in total. The van der Waals surface area contributed by atoms with E-state index in [1.165, 1.54) is 12.0 Å². The highest BCUT2D eigenvalue weighted by Crippen LogP contribution is 2.02. The van der Waals surface area contributed by atoms with Crippen LogP contribution >= 0.6 is 0 Å². The summed E-state index contributed by atoms with van der Waals surface area (Å²) in [4.78, 5) is 0. The molecule has 0 saturated carbocycles. The van der Waals surface area contributed by atoms with Gasteiger partial charge in [0, 0.05) is 32.5 Å². The summed E-state index contributed by atoms with van der Waals surface area (Å²) in [5.41, 5.74) is 1.31. The molecule has 2 rings (SSSR count). The van der Waals surface area contributed by atoms with Crippen molar-refractivity contribution in [2.45, 2.75) is 33.0 Å². The zero-order chi connectivity index (χ0) is 12.1. The van der Waals surface area contributed by atoms with Crippen LogP contribution in [0.2, 0.25) is 0 Å². The molecular formula is C12H19N5. The van der Waals surface area contributed by atoms with Crippen LogP contribution in [0, 0.1) is 0 Å². The predicted octanol–water partition coefficient (Wildman–Crippen LogP) is 1.32. The third-order valence-electron chi connectivity index (χ3n) is 2.71. The van der Waals surface area contributed by atoms with Crippen molar-refractivity contribution in [3.8, 4) is 0 Å². The quantitative estimate of drug-likeness (QED) is 0.818. The molecule has 0 radical (unpaired) electrons. The van der Waals surface area contributed by atoms with Crippen LogP contribution in [0.4, 0.5) is 0 Å². The maximum atomic E-state index is 4.03. The van der Waals surface area contributed by atoms with E-state index in [1.807, 2.05) is 11.6 Å². The van der Waals surface area contributed by atoms with Gasteiger partial charge in [-0.15, -0.1) is 10.2 Å². The van der Waals surface area contributed by atoms with Crippen LogP contribution in [0.25, 0.3) is 0 Å². The first-order chi connectivity index (χ1) is 8.29. The Morgan fingerprint density at radius 1 is 1.35 bits per heavy atom. The molecule has 92 valence electrons. The van der Waals surface area contributed by atoms with Gasteiger partial charge in [0.2, 0.25) is 0 Å². The smallest absolute Gasteiger partial charge is 0.146 e. The van der Waals surface area contributed by atoms with E-state index < -0.39 is 0 Å². The van der Waals surface area contributed by atoms with Crippen LogP contribution < -0.4 is 5.32 Å². The van der Waals surface area contributed by atoms with Gasteiger partial charge in [0.15, 0.2) is 0 Å². The minimum Gasteiger partial charge on any atom is -0.354 e. The number of hydrogen-bond acceptors (Lipinski definition) is 3. The Labute approximate surface area is 101 Å². The van der Waals surface area contributed by atoms with E-state index in [9.17, 15) is 0 Å². The summed E-state index contributed by atoms with van der Waals surface area (Å²) in [5, 5.41) is 11.2. The molecule has 17 heavy (non-hydrogen) atoms. The van der Waals surface area contributed by atoms with Gasteiger partial charge in [-0.05, 0) is 18.1 Å². The third kappa shape index (κ3) is 3.17. The topological polar surface area (TPSA) is 47.7 Å². The van der Waals surface area contributed by atoms with E-state index in [4.69, 9.17) is 0 Å². The Hall–Kier alpha value is -1.62. The lowest BCUT2D eigenvalue weighted by molar-refractivity contribution is 0.633. The third-order valence-corrected chi connectivity index (χ3v) is 2.71. The van der Waals surface area contributed by atoms with Crippen molar-refractivity contribution >= 4 is 0 Å². The molecule has 0 unspecified atom stereocenters. The molecule has 0 bridgehead atoms. The highest BCUT2D eigenvalue weighted by Gasteiger charge is 2.00. The Bertz CT molecular complexity index is 457. The van der Waals surface area contributed by atoms with Gasteiger partial charge in [0.05, 0.1) is 6.54 Å². The zero-order valence-electron chi connectivity index (χ0n) is 10.4. The standard InChI is InChI=1S/C12H19N5/c1-3-5-17-6-4-11(9-17)7-13-8-12-15-14-10-16(12)2/h4,6,9-10,13H,3,5,7-8H2,1-2H3. The molecule has 0 fully saturated rings. The zero-order valence-corrected chi connectivity index (χ0v) is 10.4. The molecule has 0 aliphatic carbocycles. The molecular weight excluding hydrogens is 214 g/mol. The van der Waals surface area contributed by atoms with Crippen LogP contribution in [0.1, 0.15) is 24.7 Å². The maximum Gasteiger partial charge on any atom is 0.146 e. The van der Waals surface area contributed by atoms with E-state index in [2.05, 4.69) is 45.5 Å². The fraction of sp³-hybridized carbons (Fsp3) is 0.500. The van der Waals surface area contributed by atoms with Crippen molar-refractivity contribution in [1.82, 2.24) is 24.6 Å². The molecule has 0 spiro atoms. The first-order valence-corrected chi connectivity index (χ1v) is 5.98. The van der Waals surface area contributed by atoms with Gasteiger partial charge >= 0.3 is 0 Å². The molecule has 2 heterocycles. The summed E-state index contributed by atoms with van der Waals surface area (Å²) in [5.74, 6) is 0.956. The number of nitrogens with one attached hydrogen (secondary N) is 1. The summed E-state index contributed by atoms with van der Waals surface area (Å²) >= 11 is 0. The molecule has 0 atom stereocenters. The van der Waals surface area contributed by atoms with Gasteiger partial charge in [-0.1, -0.05) is 6.92 Å². The van der Waals surface area contributed by atoms with Crippen LogP contribution in [0.3, 0.4) is 0 Å². The van der Waals surface area contributed by atoms with Gasteiger partial charge in [-0.2, -0.15) is 0 Å². The summed E-state index contributed by atoms with van der Waals surface area (Å²) in [6.07, 6.45) is 7.20. The molecule has 0 amide bonds. The largest absolute Gasteiger partial charge is 0.354 e. The van der Waals surface area contributed by atoms with Crippen LogP contribution in [-0.2, 0) is 26.7 Å². The average molecular weight is 233 g/mol.